The van der Waals surface area contributed by atoms with E-state index in [0.29, 0.717) is 6.04 Å². The third-order valence-electron chi connectivity index (χ3n) is 3.00. The fourth-order valence-electron chi connectivity index (χ4n) is 1.92. The fourth-order valence-corrected chi connectivity index (χ4v) is 2.10. The first kappa shape index (κ1) is 11.7. The van der Waals surface area contributed by atoms with Gasteiger partial charge in [0.2, 0.25) is 0 Å². The Balaban J connectivity index is 2.08. The van der Waals surface area contributed by atoms with Crippen LogP contribution in [0.1, 0.15) is 18.4 Å². The van der Waals surface area contributed by atoms with Crippen LogP contribution in [0, 0.1) is 12.8 Å². The van der Waals surface area contributed by atoms with E-state index >= 15 is 0 Å². The molecule has 1 aliphatic carbocycles. The average Bonchev–Trinajstić information content (AvgIpc) is 3.06. The van der Waals surface area contributed by atoms with Crippen LogP contribution in [0.15, 0.2) is 18.2 Å². The monoisotopic (exact) mass is 239 g/mol. The molecule has 1 aromatic rings. The first-order chi connectivity index (χ1) is 7.70. The van der Waals surface area contributed by atoms with Gasteiger partial charge in [-0.15, -0.1) is 0 Å². The molecule has 1 atom stereocenters. The third kappa shape index (κ3) is 2.89. The van der Waals surface area contributed by atoms with Crippen LogP contribution < -0.4 is 5.32 Å². The largest absolute Gasteiger partial charge is 0.383 e. The molecule has 0 bridgehead atoms. The maximum absolute atomic E-state index is 6.16. The van der Waals surface area contributed by atoms with Crippen molar-refractivity contribution >= 4 is 17.3 Å². The van der Waals surface area contributed by atoms with Gasteiger partial charge in [0.15, 0.2) is 0 Å². The molecule has 2 rings (SSSR count). The molecule has 0 aliphatic heterocycles. The van der Waals surface area contributed by atoms with Crippen LogP contribution in [0.4, 0.5) is 5.69 Å². The second-order valence-corrected chi connectivity index (χ2v) is 4.93. The van der Waals surface area contributed by atoms with Crippen molar-refractivity contribution in [3.05, 3.63) is 28.8 Å². The molecule has 1 unspecified atom stereocenters. The van der Waals surface area contributed by atoms with Crippen molar-refractivity contribution in [3.63, 3.8) is 0 Å². The van der Waals surface area contributed by atoms with Gasteiger partial charge in [-0.3, -0.25) is 0 Å². The maximum Gasteiger partial charge on any atom is 0.0666 e. The van der Waals surface area contributed by atoms with Gasteiger partial charge in [-0.2, -0.15) is 0 Å². The fraction of sp³-hybridized carbons (Fsp3) is 0.538. The number of benzene rings is 1. The maximum atomic E-state index is 6.16. The number of hydrogen-bond acceptors (Lipinski definition) is 2. The highest BCUT2D eigenvalue weighted by molar-refractivity contribution is 6.33. The number of halogens is 1. The van der Waals surface area contributed by atoms with E-state index in [1.54, 1.807) is 7.11 Å². The van der Waals surface area contributed by atoms with Crippen LogP contribution in [0.3, 0.4) is 0 Å². The zero-order valence-electron chi connectivity index (χ0n) is 9.79. The molecule has 0 spiro atoms. The Morgan fingerprint density at radius 3 is 2.88 bits per heavy atom. The summed E-state index contributed by atoms with van der Waals surface area (Å²) in [5, 5.41) is 4.28. The molecule has 0 heterocycles. The molecule has 16 heavy (non-hydrogen) atoms. The lowest BCUT2D eigenvalue weighted by molar-refractivity contribution is 0.179. The number of ether oxygens (including phenoxy) is 1. The lowest BCUT2D eigenvalue weighted by atomic mass is 10.1. The van der Waals surface area contributed by atoms with Crippen molar-refractivity contribution in [2.45, 2.75) is 25.8 Å². The van der Waals surface area contributed by atoms with Crippen molar-refractivity contribution in [2.24, 2.45) is 5.92 Å². The summed E-state index contributed by atoms with van der Waals surface area (Å²) in [6.07, 6.45) is 2.59. The Hall–Kier alpha value is -0.730. The summed E-state index contributed by atoms with van der Waals surface area (Å²) in [6, 6.07) is 6.45. The van der Waals surface area contributed by atoms with E-state index in [1.807, 2.05) is 12.1 Å². The van der Waals surface area contributed by atoms with Crippen LogP contribution in [0.2, 0.25) is 5.02 Å². The predicted molar refractivity (Wildman–Crippen MR) is 68.2 cm³/mol. The van der Waals surface area contributed by atoms with Gasteiger partial charge >= 0.3 is 0 Å². The summed E-state index contributed by atoms with van der Waals surface area (Å²) in [6.45, 7) is 2.82. The first-order valence-electron chi connectivity index (χ1n) is 5.72. The van der Waals surface area contributed by atoms with E-state index in [9.17, 15) is 0 Å². The highest BCUT2D eigenvalue weighted by atomic mass is 35.5. The molecule has 88 valence electrons. The van der Waals surface area contributed by atoms with Gasteiger partial charge in [0.25, 0.3) is 0 Å². The second kappa shape index (κ2) is 5.07. The van der Waals surface area contributed by atoms with Gasteiger partial charge in [0.05, 0.1) is 23.4 Å². The molecular weight excluding hydrogens is 222 g/mol. The second-order valence-electron chi connectivity index (χ2n) is 4.53. The van der Waals surface area contributed by atoms with E-state index in [2.05, 4.69) is 18.3 Å². The van der Waals surface area contributed by atoms with Crippen LogP contribution in [-0.4, -0.2) is 19.8 Å². The zero-order valence-corrected chi connectivity index (χ0v) is 10.6. The molecule has 1 aliphatic rings. The van der Waals surface area contributed by atoms with Gasteiger partial charge in [-0.1, -0.05) is 17.7 Å². The Bertz CT molecular complexity index is 363. The van der Waals surface area contributed by atoms with Crippen LogP contribution in [-0.2, 0) is 4.74 Å². The van der Waals surface area contributed by atoms with Crippen LogP contribution in [0.5, 0.6) is 0 Å². The SMILES string of the molecule is COCC(Nc1cc(C)ccc1Cl)C1CC1. The lowest BCUT2D eigenvalue weighted by Gasteiger charge is -2.19. The quantitative estimate of drug-likeness (QED) is 0.850. The molecule has 3 heteroatoms. The Morgan fingerprint density at radius 2 is 2.25 bits per heavy atom. The summed E-state index contributed by atoms with van der Waals surface area (Å²) in [5.41, 5.74) is 2.24. The lowest BCUT2D eigenvalue weighted by Crippen LogP contribution is -2.27. The van der Waals surface area contributed by atoms with Gasteiger partial charge in [0, 0.05) is 7.11 Å². The van der Waals surface area contributed by atoms with Gasteiger partial charge < -0.3 is 10.1 Å². The molecular formula is C13H18ClNO. The minimum absolute atomic E-state index is 0.393. The molecule has 1 saturated carbocycles. The van der Waals surface area contributed by atoms with E-state index in [0.717, 1.165) is 23.2 Å². The highest BCUT2D eigenvalue weighted by Crippen LogP contribution is 2.35. The summed E-state index contributed by atoms with van der Waals surface area (Å²) in [5.74, 6) is 0.747. The van der Waals surface area contributed by atoms with E-state index < -0.39 is 0 Å². The summed E-state index contributed by atoms with van der Waals surface area (Å²) >= 11 is 6.16. The van der Waals surface area contributed by atoms with E-state index in [-0.39, 0.29) is 0 Å². The molecule has 0 amide bonds. The van der Waals surface area contributed by atoms with E-state index in [4.69, 9.17) is 16.3 Å². The van der Waals surface area contributed by atoms with Gasteiger partial charge in [-0.25, -0.2) is 0 Å². The molecule has 2 nitrogen and oxygen atoms in total. The Labute approximate surface area is 102 Å². The Kier molecular flexibility index (Phi) is 3.72. The smallest absolute Gasteiger partial charge is 0.0666 e. The van der Waals surface area contributed by atoms with Crippen molar-refractivity contribution in [1.82, 2.24) is 0 Å². The number of rotatable bonds is 5. The summed E-state index contributed by atoms with van der Waals surface area (Å²) < 4.78 is 5.24. The predicted octanol–water partition coefficient (Wildman–Crippen LogP) is 3.49. The minimum atomic E-state index is 0.393. The molecule has 1 N–H and O–H groups in total. The molecule has 0 saturated heterocycles. The minimum Gasteiger partial charge on any atom is -0.383 e. The van der Waals surface area contributed by atoms with Crippen LogP contribution in [0.25, 0.3) is 0 Å². The molecule has 1 fully saturated rings. The third-order valence-corrected chi connectivity index (χ3v) is 3.33. The van der Waals surface area contributed by atoms with Crippen molar-refractivity contribution in [2.75, 3.05) is 19.0 Å². The van der Waals surface area contributed by atoms with Gasteiger partial charge in [-0.05, 0) is 43.4 Å². The number of methoxy groups -OCH3 is 1. The average molecular weight is 240 g/mol. The number of hydrogen-bond donors (Lipinski definition) is 1. The summed E-state index contributed by atoms with van der Waals surface area (Å²) in [4.78, 5) is 0. The Morgan fingerprint density at radius 1 is 1.50 bits per heavy atom. The van der Waals surface area contributed by atoms with Crippen molar-refractivity contribution in [3.8, 4) is 0 Å². The topological polar surface area (TPSA) is 21.3 Å². The van der Waals surface area contributed by atoms with Gasteiger partial charge in [0.1, 0.15) is 0 Å². The zero-order chi connectivity index (χ0) is 11.5. The first-order valence-corrected chi connectivity index (χ1v) is 6.10. The highest BCUT2D eigenvalue weighted by Gasteiger charge is 2.31. The molecule has 0 radical (unpaired) electrons. The van der Waals surface area contributed by atoms with Crippen LogP contribution >= 0.6 is 11.6 Å². The number of aryl methyl sites for hydroxylation is 1. The molecule has 1 aromatic carbocycles. The molecule has 0 aromatic heterocycles. The number of anilines is 1. The standard InChI is InChI=1S/C13H18ClNO/c1-9-3-6-11(14)12(7-9)15-13(8-16-2)10-4-5-10/h3,6-7,10,13,15H,4-5,8H2,1-2H3. The summed E-state index contributed by atoms with van der Waals surface area (Å²) in [7, 11) is 1.74. The van der Waals surface area contributed by atoms with Crippen molar-refractivity contribution < 1.29 is 4.74 Å². The number of nitrogens with one attached hydrogen (secondary N) is 1. The normalized spacial score (nSPS) is 17.2. The van der Waals surface area contributed by atoms with Crippen molar-refractivity contribution in [1.29, 1.82) is 0 Å². The van der Waals surface area contributed by atoms with E-state index in [1.165, 1.54) is 18.4 Å².